The van der Waals surface area contributed by atoms with E-state index in [9.17, 15) is 0 Å². The molecule has 0 N–H and O–H groups in total. The lowest BCUT2D eigenvalue weighted by molar-refractivity contribution is -0.0293. The van der Waals surface area contributed by atoms with E-state index in [1.54, 1.807) is 7.11 Å². The molecule has 1 aromatic heterocycles. The van der Waals surface area contributed by atoms with Gasteiger partial charge in [-0.05, 0) is 31.2 Å². The molecule has 18 heavy (non-hydrogen) atoms. The summed E-state index contributed by atoms with van der Waals surface area (Å²) in [7, 11) is 1.71. The van der Waals surface area contributed by atoms with Crippen LogP contribution in [0.1, 0.15) is 52.1 Å². The minimum absolute atomic E-state index is 0.420. The zero-order valence-corrected chi connectivity index (χ0v) is 12.7. The molecule has 102 valence electrons. The number of rotatable bonds is 6. The largest absolute Gasteiger partial charge is 0.370 e. The molecule has 1 aromatic rings. The van der Waals surface area contributed by atoms with Crippen LogP contribution in [0.15, 0.2) is 6.07 Å². The molecule has 0 spiro atoms. The lowest BCUT2D eigenvalue weighted by Crippen LogP contribution is -2.30. The maximum absolute atomic E-state index is 6.10. The Bertz CT molecular complexity index is 381. The maximum Gasteiger partial charge on any atom is 0.162 e. The Kier molecular flexibility index (Phi) is 5.54. The number of aromatic nitrogens is 2. The molecule has 0 bridgehead atoms. The summed E-state index contributed by atoms with van der Waals surface area (Å²) < 4.78 is 5.65. The fourth-order valence-corrected chi connectivity index (χ4v) is 2.34. The third-order valence-corrected chi connectivity index (χ3v) is 3.50. The molecule has 4 heteroatoms. The van der Waals surface area contributed by atoms with Crippen molar-refractivity contribution in [1.29, 1.82) is 0 Å². The Labute approximate surface area is 115 Å². The number of nitrogens with zero attached hydrogens (tertiary/aromatic N) is 2. The molecule has 0 saturated carbocycles. The van der Waals surface area contributed by atoms with Crippen LogP contribution in [-0.4, -0.2) is 17.1 Å². The molecule has 0 aliphatic carbocycles. The van der Waals surface area contributed by atoms with Crippen LogP contribution in [0.4, 0.5) is 0 Å². The van der Waals surface area contributed by atoms with E-state index in [0.29, 0.717) is 16.9 Å². The normalized spacial score (nSPS) is 12.2. The molecule has 0 unspecified atom stereocenters. The zero-order chi connectivity index (χ0) is 13.8. The molecule has 0 fully saturated rings. The van der Waals surface area contributed by atoms with Crippen molar-refractivity contribution in [3.63, 3.8) is 0 Å². The van der Waals surface area contributed by atoms with Crippen LogP contribution in [0, 0.1) is 5.92 Å². The Hall–Kier alpha value is -0.670. The lowest BCUT2D eigenvalue weighted by Gasteiger charge is -2.28. The molecule has 0 aliphatic rings. The third-order valence-electron chi connectivity index (χ3n) is 3.31. The second kappa shape index (κ2) is 6.48. The van der Waals surface area contributed by atoms with Gasteiger partial charge in [0.15, 0.2) is 5.82 Å². The van der Waals surface area contributed by atoms with Crippen molar-refractivity contribution < 1.29 is 4.74 Å². The molecule has 0 radical (unpaired) electrons. The van der Waals surface area contributed by atoms with Gasteiger partial charge in [-0.1, -0.05) is 39.3 Å². The van der Waals surface area contributed by atoms with Crippen LogP contribution in [0.25, 0.3) is 0 Å². The van der Waals surface area contributed by atoms with Crippen LogP contribution in [0.5, 0.6) is 0 Å². The van der Waals surface area contributed by atoms with E-state index in [-0.39, 0.29) is 0 Å². The number of methoxy groups -OCH3 is 1. The molecule has 1 heterocycles. The molecule has 1 rings (SSSR count). The van der Waals surface area contributed by atoms with Crippen molar-refractivity contribution in [2.45, 2.75) is 52.6 Å². The SMILES string of the molecule is CCC(CC)(OC)c1nc(Cl)cc(CC(C)C)n1. The highest BCUT2D eigenvalue weighted by Gasteiger charge is 2.32. The van der Waals surface area contributed by atoms with Gasteiger partial charge in [0.2, 0.25) is 0 Å². The highest BCUT2D eigenvalue weighted by molar-refractivity contribution is 6.29. The van der Waals surface area contributed by atoms with Gasteiger partial charge < -0.3 is 4.74 Å². The first kappa shape index (κ1) is 15.4. The second-order valence-corrected chi connectivity index (χ2v) is 5.40. The molecule has 0 amide bonds. The fraction of sp³-hybridized carbons (Fsp3) is 0.714. The Morgan fingerprint density at radius 2 is 1.89 bits per heavy atom. The first-order chi connectivity index (χ1) is 8.47. The van der Waals surface area contributed by atoms with E-state index in [2.05, 4.69) is 37.7 Å². The molecular formula is C14H23ClN2O. The Morgan fingerprint density at radius 3 is 2.33 bits per heavy atom. The summed E-state index contributed by atoms with van der Waals surface area (Å²) in [5, 5.41) is 0.499. The summed E-state index contributed by atoms with van der Waals surface area (Å²) in [6.45, 7) is 8.50. The smallest absolute Gasteiger partial charge is 0.162 e. The topological polar surface area (TPSA) is 35.0 Å². The highest BCUT2D eigenvalue weighted by atomic mass is 35.5. The van der Waals surface area contributed by atoms with E-state index in [0.717, 1.165) is 25.0 Å². The van der Waals surface area contributed by atoms with Gasteiger partial charge in [-0.15, -0.1) is 0 Å². The fourth-order valence-electron chi connectivity index (χ4n) is 2.14. The van der Waals surface area contributed by atoms with Gasteiger partial charge in [-0.3, -0.25) is 0 Å². The second-order valence-electron chi connectivity index (χ2n) is 5.01. The average molecular weight is 271 g/mol. The van der Waals surface area contributed by atoms with E-state index >= 15 is 0 Å². The van der Waals surface area contributed by atoms with Crippen LogP contribution in [0.3, 0.4) is 0 Å². The van der Waals surface area contributed by atoms with E-state index < -0.39 is 5.60 Å². The molecule has 0 atom stereocenters. The van der Waals surface area contributed by atoms with Crippen molar-refractivity contribution in [2.75, 3.05) is 7.11 Å². The van der Waals surface area contributed by atoms with Crippen molar-refractivity contribution in [3.05, 3.63) is 22.7 Å². The first-order valence-corrected chi connectivity index (χ1v) is 6.94. The summed E-state index contributed by atoms with van der Waals surface area (Å²) in [4.78, 5) is 8.99. The van der Waals surface area contributed by atoms with Crippen LogP contribution in [0.2, 0.25) is 5.15 Å². The number of ether oxygens (including phenoxy) is 1. The van der Waals surface area contributed by atoms with Gasteiger partial charge in [0.25, 0.3) is 0 Å². The van der Waals surface area contributed by atoms with Gasteiger partial charge in [0, 0.05) is 12.8 Å². The number of hydrogen-bond donors (Lipinski definition) is 0. The lowest BCUT2D eigenvalue weighted by atomic mass is 9.95. The van der Waals surface area contributed by atoms with Gasteiger partial charge in [-0.25, -0.2) is 9.97 Å². The third kappa shape index (κ3) is 3.42. The minimum Gasteiger partial charge on any atom is -0.370 e. The molecule has 0 aliphatic heterocycles. The van der Waals surface area contributed by atoms with Crippen LogP contribution in [-0.2, 0) is 16.8 Å². The summed E-state index contributed by atoms with van der Waals surface area (Å²) in [6, 6.07) is 1.84. The highest BCUT2D eigenvalue weighted by Crippen LogP contribution is 2.30. The summed E-state index contributed by atoms with van der Waals surface area (Å²) >= 11 is 6.10. The van der Waals surface area contributed by atoms with Gasteiger partial charge in [0.05, 0.1) is 0 Å². The van der Waals surface area contributed by atoms with Crippen LogP contribution < -0.4 is 0 Å². The van der Waals surface area contributed by atoms with Crippen molar-refractivity contribution in [2.24, 2.45) is 5.92 Å². The minimum atomic E-state index is -0.420. The monoisotopic (exact) mass is 270 g/mol. The summed E-state index contributed by atoms with van der Waals surface area (Å²) in [6.07, 6.45) is 2.57. The summed E-state index contributed by atoms with van der Waals surface area (Å²) in [5.41, 5.74) is 0.569. The Balaban J connectivity index is 3.18. The van der Waals surface area contributed by atoms with E-state index in [1.165, 1.54) is 0 Å². The van der Waals surface area contributed by atoms with Crippen LogP contribution >= 0.6 is 11.6 Å². The molecule has 3 nitrogen and oxygen atoms in total. The molecule has 0 saturated heterocycles. The predicted molar refractivity (Wildman–Crippen MR) is 74.9 cm³/mol. The molecule has 0 aromatic carbocycles. The zero-order valence-electron chi connectivity index (χ0n) is 12.0. The van der Waals surface area contributed by atoms with E-state index in [1.807, 2.05) is 6.07 Å². The predicted octanol–water partition coefficient (Wildman–Crippen LogP) is 3.99. The standard InChI is InChI=1S/C14H23ClN2O/c1-6-14(7-2,18-5)13-16-11(8-10(3)4)9-12(15)17-13/h9-10H,6-8H2,1-5H3. The van der Waals surface area contributed by atoms with E-state index in [4.69, 9.17) is 16.3 Å². The van der Waals surface area contributed by atoms with Gasteiger partial charge in [0.1, 0.15) is 10.8 Å². The van der Waals surface area contributed by atoms with Crippen molar-refractivity contribution in [1.82, 2.24) is 9.97 Å². The summed E-state index contributed by atoms with van der Waals surface area (Å²) in [5.74, 6) is 1.25. The quantitative estimate of drug-likeness (QED) is 0.733. The molecular weight excluding hydrogens is 248 g/mol. The van der Waals surface area contributed by atoms with Crippen molar-refractivity contribution >= 4 is 11.6 Å². The van der Waals surface area contributed by atoms with Crippen molar-refractivity contribution in [3.8, 4) is 0 Å². The average Bonchev–Trinajstić information content (AvgIpc) is 2.30. The first-order valence-electron chi connectivity index (χ1n) is 6.56. The van der Waals surface area contributed by atoms with Gasteiger partial charge >= 0.3 is 0 Å². The van der Waals surface area contributed by atoms with Gasteiger partial charge in [-0.2, -0.15) is 0 Å². The Morgan fingerprint density at radius 1 is 1.28 bits per heavy atom. The maximum atomic E-state index is 6.10. The number of halogens is 1. The number of hydrogen-bond acceptors (Lipinski definition) is 3.